The predicted octanol–water partition coefficient (Wildman–Crippen LogP) is 3.74. The van der Waals surface area contributed by atoms with E-state index >= 15 is 0 Å². The molecule has 2 aromatic rings. The van der Waals surface area contributed by atoms with Gasteiger partial charge >= 0.3 is 0 Å². The van der Waals surface area contributed by atoms with E-state index in [4.69, 9.17) is 0 Å². The maximum atomic E-state index is 13.3. The standard InChI is InChI=1S/C22H29FN4O/c1-15(2)21-20(14-25-27(21)19-7-5-17(23)6-8-19)22(28)26-11-9-18(10-12-26)24-13-16-3-4-16/h5-8,14-16,18,24H,3-4,9-13H2,1-2H3. The first-order valence-corrected chi connectivity index (χ1v) is 10.4. The monoisotopic (exact) mass is 384 g/mol. The predicted molar refractivity (Wildman–Crippen MR) is 107 cm³/mol. The maximum Gasteiger partial charge on any atom is 0.257 e. The molecule has 2 heterocycles. The molecule has 2 fully saturated rings. The fourth-order valence-corrected chi connectivity index (χ4v) is 3.98. The highest BCUT2D eigenvalue weighted by molar-refractivity contribution is 5.95. The molecule has 0 atom stereocenters. The van der Waals surface area contributed by atoms with Crippen LogP contribution in [0, 0.1) is 11.7 Å². The number of hydrogen-bond acceptors (Lipinski definition) is 3. The number of aromatic nitrogens is 2. The van der Waals surface area contributed by atoms with Gasteiger partial charge in [0.05, 0.1) is 23.1 Å². The van der Waals surface area contributed by atoms with E-state index in [9.17, 15) is 9.18 Å². The highest BCUT2D eigenvalue weighted by atomic mass is 19.1. The summed E-state index contributed by atoms with van der Waals surface area (Å²) in [7, 11) is 0. The number of carbonyl (C=O) groups excluding carboxylic acids is 1. The van der Waals surface area contributed by atoms with Crippen molar-refractivity contribution in [3.8, 4) is 5.69 Å². The molecule has 1 aliphatic carbocycles. The normalized spacial score (nSPS) is 18.1. The molecule has 1 aliphatic heterocycles. The summed E-state index contributed by atoms with van der Waals surface area (Å²) < 4.78 is 15.0. The Bertz CT molecular complexity index is 818. The van der Waals surface area contributed by atoms with E-state index < -0.39 is 0 Å². The van der Waals surface area contributed by atoms with E-state index in [0.29, 0.717) is 11.6 Å². The Morgan fingerprint density at radius 2 is 1.86 bits per heavy atom. The SMILES string of the molecule is CC(C)c1c(C(=O)N2CCC(NCC3CC3)CC2)cnn1-c1ccc(F)cc1. The number of amides is 1. The third-order valence-electron chi connectivity index (χ3n) is 5.83. The van der Waals surface area contributed by atoms with Crippen molar-refractivity contribution in [2.45, 2.75) is 51.5 Å². The van der Waals surface area contributed by atoms with E-state index in [-0.39, 0.29) is 17.6 Å². The summed E-state index contributed by atoms with van der Waals surface area (Å²) in [6.07, 6.45) is 6.39. The Kier molecular flexibility index (Phi) is 5.49. The second kappa shape index (κ2) is 8.03. The molecule has 1 saturated heterocycles. The van der Waals surface area contributed by atoms with Crippen molar-refractivity contribution >= 4 is 5.91 Å². The molecule has 5 nitrogen and oxygen atoms in total. The number of halogens is 1. The van der Waals surface area contributed by atoms with Crippen molar-refractivity contribution in [3.05, 3.63) is 47.5 Å². The van der Waals surface area contributed by atoms with Gasteiger partial charge in [0.15, 0.2) is 0 Å². The summed E-state index contributed by atoms with van der Waals surface area (Å²) in [4.78, 5) is 15.2. The highest BCUT2D eigenvalue weighted by Gasteiger charge is 2.29. The van der Waals surface area contributed by atoms with Crippen LogP contribution in [0.25, 0.3) is 5.69 Å². The summed E-state index contributed by atoms with van der Waals surface area (Å²) in [6.45, 7) is 6.80. The lowest BCUT2D eigenvalue weighted by Crippen LogP contribution is -2.45. The van der Waals surface area contributed by atoms with E-state index in [0.717, 1.165) is 49.8 Å². The van der Waals surface area contributed by atoms with Crippen molar-refractivity contribution in [1.82, 2.24) is 20.0 Å². The first-order valence-electron chi connectivity index (χ1n) is 10.4. The topological polar surface area (TPSA) is 50.2 Å². The highest BCUT2D eigenvalue weighted by Crippen LogP contribution is 2.28. The molecule has 150 valence electrons. The summed E-state index contributed by atoms with van der Waals surface area (Å²) in [6, 6.07) is 6.75. The Labute approximate surface area is 165 Å². The minimum absolute atomic E-state index is 0.0534. The minimum atomic E-state index is -0.281. The summed E-state index contributed by atoms with van der Waals surface area (Å²) in [5.41, 5.74) is 2.31. The van der Waals surface area contributed by atoms with Crippen LogP contribution < -0.4 is 5.32 Å². The van der Waals surface area contributed by atoms with Gasteiger partial charge in [0, 0.05) is 19.1 Å². The molecule has 1 amide bonds. The van der Waals surface area contributed by atoms with Crippen LogP contribution in [0.15, 0.2) is 30.5 Å². The van der Waals surface area contributed by atoms with E-state index in [1.165, 1.54) is 25.0 Å². The van der Waals surface area contributed by atoms with E-state index in [2.05, 4.69) is 24.3 Å². The summed E-state index contributed by atoms with van der Waals surface area (Å²) >= 11 is 0. The van der Waals surface area contributed by atoms with Crippen LogP contribution in [-0.4, -0.2) is 46.3 Å². The van der Waals surface area contributed by atoms with Crippen LogP contribution in [-0.2, 0) is 0 Å². The van der Waals surface area contributed by atoms with E-state index in [1.807, 2.05) is 4.90 Å². The van der Waals surface area contributed by atoms with Gasteiger partial charge in [0.25, 0.3) is 5.91 Å². The molecule has 0 bridgehead atoms. The van der Waals surface area contributed by atoms with Crippen molar-refractivity contribution in [3.63, 3.8) is 0 Å². The molecule has 2 aliphatic rings. The molecule has 1 N–H and O–H groups in total. The molecule has 28 heavy (non-hydrogen) atoms. The number of carbonyl (C=O) groups is 1. The van der Waals surface area contributed by atoms with Gasteiger partial charge < -0.3 is 10.2 Å². The minimum Gasteiger partial charge on any atom is -0.338 e. The van der Waals surface area contributed by atoms with Gasteiger partial charge in [-0.05, 0) is 68.3 Å². The number of benzene rings is 1. The fourth-order valence-electron chi connectivity index (χ4n) is 3.98. The van der Waals surface area contributed by atoms with Gasteiger partial charge in [-0.1, -0.05) is 13.8 Å². The first-order chi connectivity index (χ1) is 13.5. The van der Waals surface area contributed by atoms with Crippen LogP contribution in [0.1, 0.15) is 61.5 Å². The van der Waals surface area contributed by atoms with Crippen molar-refractivity contribution in [1.29, 1.82) is 0 Å². The largest absolute Gasteiger partial charge is 0.338 e. The Hall–Kier alpha value is -2.21. The van der Waals surface area contributed by atoms with Gasteiger partial charge in [0.1, 0.15) is 5.82 Å². The number of piperidine rings is 1. The Morgan fingerprint density at radius 3 is 2.46 bits per heavy atom. The van der Waals surface area contributed by atoms with Crippen LogP contribution in [0.5, 0.6) is 0 Å². The second-order valence-electron chi connectivity index (χ2n) is 8.40. The number of nitrogens with one attached hydrogen (secondary N) is 1. The van der Waals surface area contributed by atoms with Crippen LogP contribution in [0.4, 0.5) is 4.39 Å². The Morgan fingerprint density at radius 1 is 1.18 bits per heavy atom. The first kappa shape index (κ1) is 19.1. The summed E-state index contributed by atoms with van der Waals surface area (Å²) in [5, 5.41) is 8.12. The third kappa shape index (κ3) is 4.12. The average molecular weight is 384 g/mol. The zero-order valence-corrected chi connectivity index (χ0v) is 16.7. The molecule has 0 unspecified atom stereocenters. The molecular weight excluding hydrogens is 355 g/mol. The van der Waals surface area contributed by atoms with Crippen LogP contribution >= 0.6 is 0 Å². The summed E-state index contributed by atoms with van der Waals surface area (Å²) in [5.74, 6) is 0.781. The van der Waals surface area contributed by atoms with Crippen molar-refractivity contribution < 1.29 is 9.18 Å². The number of hydrogen-bond donors (Lipinski definition) is 1. The van der Waals surface area contributed by atoms with Gasteiger partial charge in [-0.2, -0.15) is 5.10 Å². The quantitative estimate of drug-likeness (QED) is 0.825. The number of nitrogens with zero attached hydrogens (tertiary/aromatic N) is 3. The molecule has 0 radical (unpaired) electrons. The van der Waals surface area contributed by atoms with E-state index in [1.54, 1.807) is 23.0 Å². The average Bonchev–Trinajstić information content (AvgIpc) is 3.42. The van der Waals surface area contributed by atoms with Crippen molar-refractivity contribution in [2.75, 3.05) is 19.6 Å². The molecular formula is C22H29FN4O. The zero-order valence-electron chi connectivity index (χ0n) is 16.7. The van der Waals surface area contributed by atoms with Gasteiger partial charge in [-0.25, -0.2) is 9.07 Å². The van der Waals surface area contributed by atoms with Crippen LogP contribution in [0.2, 0.25) is 0 Å². The number of rotatable bonds is 6. The second-order valence-corrected chi connectivity index (χ2v) is 8.40. The lowest BCUT2D eigenvalue weighted by atomic mass is 10.0. The van der Waals surface area contributed by atoms with Crippen LogP contribution in [0.3, 0.4) is 0 Å². The molecule has 1 aromatic carbocycles. The lowest BCUT2D eigenvalue weighted by Gasteiger charge is -2.32. The lowest BCUT2D eigenvalue weighted by molar-refractivity contribution is 0.0703. The van der Waals surface area contributed by atoms with Gasteiger partial charge in [-0.15, -0.1) is 0 Å². The zero-order chi connectivity index (χ0) is 19.7. The smallest absolute Gasteiger partial charge is 0.257 e. The molecule has 0 spiro atoms. The Balaban J connectivity index is 1.47. The molecule has 4 rings (SSSR count). The maximum absolute atomic E-state index is 13.3. The van der Waals surface area contributed by atoms with Gasteiger partial charge in [0.2, 0.25) is 0 Å². The fraction of sp³-hybridized carbons (Fsp3) is 0.545. The molecule has 1 saturated carbocycles. The molecule has 1 aromatic heterocycles. The molecule has 6 heteroatoms. The number of likely N-dealkylation sites (tertiary alicyclic amines) is 1. The third-order valence-corrected chi connectivity index (χ3v) is 5.83. The van der Waals surface area contributed by atoms with Gasteiger partial charge in [-0.3, -0.25) is 4.79 Å². The van der Waals surface area contributed by atoms with Crippen molar-refractivity contribution in [2.24, 2.45) is 5.92 Å².